The van der Waals surface area contributed by atoms with E-state index in [0.29, 0.717) is 12.8 Å². The van der Waals surface area contributed by atoms with Crippen molar-refractivity contribution in [3.05, 3.63) is 60.2 Å². The molecule has 0 spiro atoms. The molecule has 0 aromatic heterocycles. The highest BCUT2D eigenvalue weighted by molar-refractivity contribution is 5.83. The van der Waals surface area contributed by atoms with E-state index in [1.165, 1.54) is 38.5 Å². The first kappa shape index (κ1) is 26.7. The average molecular weight is 428 g/mol. The Morgan fingerprint density at radius 2 is 1.48 bits per heavy atom. The fourth-order valence-electron chi connectivity index (χ4n) is 3.41. The van der Waals surface area contributed by atoms with Crippen molar-refractivity contribution in [1.82, 2.24) is 5.32 Å². The quantitative estimate of drug-likeness (QED) is 0.204. The van der Waals surface area contributed by atoms with Crippen molar-refractivity contribution in [2.75, 3.05) is 0 Å². The highest BCUT2D eigenvalue weighted by atomic mass is 16.4. The Morgan fingerprint density at radius 3 is 2.13 bits per heavy atom. The lowest BCUT2D eigenvalue weighted by molar-refractivity contribution is -0.141. The summed E-state index contributed by atoms with van der Waals surface area (Å²) in [5.74, 6) is -1.16. The molecule has 1 aromatic carbocycles. The molecule has 0 unspecified atom stereocenters. The number of allylic oxidation sites excluding steroid dienone is 4. The van der Waals surface area contributed by atoms with E-state index in [9.17, 15) is 14.7 Å². The van der Waals surface area contributed by atoms with Gasteiger partial charge in [-0.3, -0.25) is 4.79 Å². The highest BCUT2D eigenvalue weighted by Gasteiger charge is 2.19. The third-order valence-corrected chi connectivity index (χ3v) is 5.27. The molecule has 2 N–H and O–H groups in total. The lowest BCUT2D eigenvalue weighted by Crippen LogP contribution is -2.42. The molecule has 4 nitrogen and oxygen atoms in total. The van der Waals surface area contributed by atoms with E-state index in [0.717, 1.165) is 37.7 Å². The zero-order valence-electron chi connectivity index (χ0n) is 19.2. The van der Waals surface area contributed by atoms with Crippen molar-refractivity contribution in [2.45, 2.75) is 96.4 Å². The highest BCUT2D eigenvalue weighted by Crippen LogP contribution is 2.09. The number of carboxylic acid groups (broad SMARTS) is 1. The predicted octanol–water partition coefficient (Wildman–Crippen LogP) is 6.61. The van der Waals surface area contributed by atoms with E-state index in [1.54, 1.807) is 0 Å². The minimum atomic E-state index is -0.989. The summed E-state index contributed by atoms with van der Waals surface area (Å²) in [5.41, 5.74) is 0.909. The van der Waals surface area contributed by atoms with Crippen molar-refractivity contribution in [3.63, 3.8) is 0 Å². The summed E-state index contributed by atoms with van der Waals surface area (Å²) in [7, 11) is 0. The number of rotatable bonds is 18. The SMILES string of the molecule is CCCCC/C=C\C/C=C\CCCCCCCC(=O)N[C@@H](Cc1ccccc1)C(=O)O. The van der Waals surface area contributed by atoms with Crippen LogP contribution in [0.25, 0.3) is 0 Å². The zero-order valence-corrected chi connectivity index (χ0v) is 19.2. The molecule has 0 aliphatic rings. The fraction of sp³-hybridized carbons (Fsp3) is 0.556. The standard InChI is InChI=1S/C27H41NO3/c1-2-3-4-5-6-7-8-9-10-11-12-13-14-15-19-22-26(29)28-25(27(30)31)23-24-20-17-16-18-21-24/h6-7,9-10,16-18,20-21,25H,2-5,8,11-15,19,22-23H2,1H3,(H,28,29)(H,30,31)/b7-6-,10-9-/t25-/m0/s1. The van der Waals surface area contributed by atoms with E-state index in [4.69, 9.17) is 0 Å². The van der Waals surface area contributed by atoms with E-state index in [2.05, 4.69) is 36.5 Å². The Bertz CT molecular complexity index is 652. The number of unbranched alkanes of at least 4 members (excludes halogenated alkanes) is 8. The molecule has 0 aliphatic carbocycles. The fourth-order valence-corrected chi connectivity index (χ4v) is 3.41. The number of carboxylic acids is 1. The summed E-state index contributed by atoms with van der Waals surface area (Å²) in [6, 6.07) is 8.53. The number of carbonyl (C=O) groups excluding carboxylic acids is 1. The van der Waals surface area contributed by atoms with Crippen LogP contribution >= 0.6 is 0 Å². The molecule has 0 heterocycles. The Labute approximate surface area is 188 Å². The Kier molecular flexibility index (Phi) is 15.8. The van der Waals surface area contributed by atoms with Crippen LogP contribution in [0, 0.1) is 0 Å². The Balaban J connectivity index is 2.03. The molecule has 0 fully saturated rings. The van der Waals surface area contributed by atoms with E-state index in [-0.39, 0.29) is 5.91 Å². The summed E-state index contributed by atoms with van der Waals surface area (Å²) in [6.07, 6.45) is 22.3. The topological polar surface area (TPSA) is 66.4 Å². The van der Waals surface area contributed by atoms with Crippen molar-refractivity contribution in [2.24, 2.45) is 0 Å². The van der Waals surface area contributed by atoms with E-state index in [1.807, 2.05) is 30.3 Å². The lowest BCUT2D eigenvalue weighted by atomic mass is 10.1. The van der Waals surface area contributed by atoms with Crippen LogP contribution in [-0.2, 0) is 16.0 Å². The van der Waals surface area contributed by atoms with Crippen LogP contribution in [0.3, 0.4) is 0 Å². The van der Waals surface area contributed by atoms with E-state index >= 15 is 0 Å². The van der Waals surface area contributed by atoms with Gasteiger partial charge in [0.1, 0.15) is 6.04 Å². The van der Waals surface area contributed by atoms with Gasteiger partial charge in [-0.15, -0.1) is 0 Å². The summed E-state index contributed by atoms with van der Waals surface area (Å²) < 4.78 is 0. The molecule has 1 amide bonds. The zero-order chi connectivity index (χ0) is 22.6. The van der Waals surface area contributed by atoms with Gasteiger partial charge >= 0.3 is 5.97 Å². The average Bonchev–Trinajstić information content (AvgIpc) is 2.76. The molecule has 0 radical (unpaired) electrons. The molecule has 31 heavy (non-hydrogen) atoms. The third-order valence-electron chi connectivity index (χ3n) is 5.27. The lowest BCUT2D eigenvalue weighted by Gasteiger charge is -2.14. The maximum absolute atomic E-state index is 12.1. The van der Waals surface area contributed by atoms with Crippen molar-refractivity contribution in [1.29, 1.82) is 0 Å². The number of benzene rings is 1. The van der Waals surface area contributed by atoms with Gasteiger partial charge in [0.2, 0.25) is 5.91 Å². The first-order valence-electron chi connectivity index (χ1n) is 12.0. The van der Waals surface area contributed by atoms with Crippen molar-refractivity contribution in [3.8, 4) is 0 Å². The van der Waals surface area contributed by atoms with Gasteiger partial charge in [0, 0.05) is 12.8 Å². The number of hydrogen-bond acceptors (Lipinski definition) is 2. The predicted molar refractivity (Wildman–Crippen MR) is 129 cm³/mol. The van der Waals surface area contributed by atoms with Gasteiger partial charge in [0.25, 0.3) is 0 Å². The van der Waals surface area contributed by atoms with Gasteiger partial charge in [0.05, 0.1) is 0 Å². The second-order valence-electron chi connectivity index (χ2n) is 8.13. The van der Waals surface area contributed by atoms with Gasteiger partial charge < -0.3 is 10.4 Å². The summed E-state index contributed by atoms with van der Waals surface area (Å²) in [4.78, 5) is 23.5. The van der Waals surface area contributed by atoms with Gasteiger partial charge in [-0.2, -0.15) is 0 Å². The third kappa shape index (κ3) is 15.1. The second-order valence-corrected chi connectivity index (χ2v) is 8.13. The molecular formula is C27H41NO3. The Morgan fingerprint density at radius 1 is 0.871 bits per heavy atom. The van der Waals surface area contributed by atoms with E-state index < -0.39 is 12.0 Å². The van der Waals surface area contributed by atoms with Crippen LogP contribution in [0.4, 0.5) is 0 Å². The van der Waals surface area contributed by atoms with Crippen LogP contribution in [0.5, 0.6) is 0 Å². The summed E-state index contributed by atoms with van der Waals surface area (Å²) >= 11 is 0. The number of aliphatic carboxylic acids is 1. The van der Waals surface area contributed by atoms with Gasteiger partial charge in [0.15, 0.2) is 0 Å². The molecule has 172 valence electrons. The van der Waals surface area contributed by atoms with Gasteiger partial charge in [-0.25, -0.2) is 4.79 Å². The largest absolute Gasteiger partial charge is 0.480 e. The summed E-state index contributed by atoms with van der Waals surface area (Å²) in [6.45, 7) is 2.23. The maximum Gasteiger partial charge on any atom is 0.326 e. The van der Waals surface area contributed by atoms with Crippen molar-refractivity contribution < 1.29 is 14.7 Å². The van der Waals surface area contributed by atoms with Crippen molar-refractivity contribution >= 4 is 11.9 Å². The first-order chi connectivity index (χ1) is 15.1. The molecule has 0 saturated carbocycles. The van der Waals surface area contributed by atoms with Crippen LogP contribution in [-0.4, -0.2) is 23.0 Å². The maximum atomic E-state index is 12.1. The number of carbonyl (C=O) groups is 2. The van der Waals surface area contributed by atoms with Crippen LogP contribution in [0.2, 0.25) is 0 Å². The molecule has 4 heteroatoms. The first-order valence-corrected chi connectivity index (χ1v) is 12.0. The van der Waals surface area contributed by atoms with Crippen LogP contribution in [0.15, 0.2) is 54.6 Å². The van der Waals surface area contributed by atoms with Crippen LogP contribution in [0.1, 0.15) is 89.5 Å². The minimum absolute atomic E-state index is 0.172. The van der Waals surface area contributed by atoms with Crippen LogP contribution < -0.4 is 5.32 Å². The number of nitrogens with one attached hydrogen (secondary N) is 1. The van der Waals surface area contributed by atoms with Gasteiger partial charge in [-0.1, -0.05) is 93.7 Å². The molecule has 1 rings (SSSR count). The molecule has 0 bridgehead atoms. The second kappa shape index (κ2) is 18.4. The monoisotopic (exact) mass is 427 g/mol. The molecule has 1 aromatic rings. The number of hydrogen-bond donors (Lipinski definition) is 2. The molecule has 0 aliphatic heterocycles. The van der Waals surface area contributed by atoms with Gasteiger partial charge in [-0.05, 0) is 44.1 Å². The smallest absolute Gasteiger partial charge is 0.326 e. The molecular weight excluding hydrogens is 386 g/mol. The number of amides is 1. The Hall–Kier alpha value is -2.36. The molecule has 1 atom stereocenters. The minimum Gasteiger partial charge on any atom is -0.480 e. The normalized spacial score (nSPS) is 12.4. The summed E-state index contributed by atoms with van der Waals surface area (Å²) in [5, 5.41) is 12.0. The molecule has 0 saturated heterocycles.